The third-order valence-corrected chi connectivity index (χ3v) is 6.74. The summed E-state index contributed by atoms with van der Waals surface area (Å²) in [4.78, 5) is 19.4. The maximum absolute atomic E-state index is 12.6. The highest BCUT2D eigenvalue weighted by molar-refractivity contribution is 7.99. The van der Waals surface area contributed by atoms with Crippen LogP contribution in [-0.2, 0) is 10.5 Å². The molecular formula is C20H26N2O2S2. The van der Waals surface area contributed by atoms with Crippen molar-refractivity contribution in [2.45, 2.75) is 43.6 Å². The predicted octanol–water partition coefficient (Wildman–Crippen LogP) is 4.84. The Bertz CT molecular complexity index is 707. The second kappa shape index (κ2) is 9.42. The molecule has 1 amide bonds. The van der Waals surface area contributed by atoms with Gasteiger partial charge in [0.25, 0.3) is 0 Å². The summed E-state index contributed by atoms with van der Waals surface area (Å²) in [7, 11) is 1.67. The number of methoxy groups -OCH3 is 1. The first-order chi connectivity index (χ1) is 12.7. The van der Waals surface area contributed by atoms with E-state index in [1.807, 2.05) is 31.2 Å². The Labute approximate surface area is 164 Å². The largest absolute Gasteiger partial charge is 0.497 e. The lowest BCUT2D eigenvalue weighted by atomic mass is 10.2. The number of amides is 1. The van der Waals surface area contributed by atoms with Crippen LogP contribution < -0.4 is 4.74 Å². The number of carbonyl (C=O) groups is 1. The van der Waals surface area contributed by atoms with Gasteiger partial charge in [-0.25, -0.2) is 4.98 Å². The average molecular weight is 391 g/mol. The van der Waals surface area contributed by atoms with E-state index in [9.17, 15) is 4.79 Å². The molecule has 3 rings (SSSR count). The highest BCUT2D eigenvalue weighted by atomic mass is 32.2. The SMILES string of the molecule is COc1ccc(-c2nc(CSC(C)C(=O)N3CCCCCC3)cs2)cc1. The van der Waals surface area contributed by atoms with Crippen LogP contribution in [0.3, 0.4) is 0 Å². The summed E-state index contributed by atoms with van der Waals surface area (Å²) in [5.41, 5.74) is 2.14. The second-order valence-electron chi connectivity index (χ2n) is 6.57. The Balaban J connectivity index is 1.54. The first kappa shape index (κ1) is 19.2. The minimum absolute atomic E-state index is 0.0146. The number of ether oxygens (including phenoxy) is 1. The smallest absolute Gasteiger partial charge is 0.235 e. The molecule has 140 valence electrons. The van der Waals surface area contributed by atoms with E-state index < -0.39 is 0 Å². The van der Waals surface area contributed by atoms with Gasteiger partial charge in [0, 0.05) is 29.8 Å². The van der Waals surface area contributed by atoms with Crippen LogP contribution in [0, 0.1) is 0 Å². The van der Waals surface area contributed by atoms with Gasteiger partial charge in [-0.3, -0.25) is 4.79 Å². The summed E-state index contributed by atoms with van der Waals surface area (Å²) in [5, 5.41) is 3.09. The summed E-state index contributed by atoms with van der Waals surface area (Å²) in [6.45, 7) is 3.86. The van der Waals surface area contributed by atoms with Gasteiger partial charge in [-0.05, 0) is 44.0 Å². The van der Waals surface area contributed by atoms with E-state index in [1.165, 1.54) is 12.8 Å². The van der Waals surface area contributed by atoms with Gasteiger partial charge in [-0.1, -0.05) is 12.8 Å². The number of thiazole rings is 1. The number of rotatable bonds is 6. The Morgan fingerprint density at radius 2 is 1.92 bits per heavy atom. The van der Waals surface area contributed by atoms with Crippen molar-refractivity contribution in [2.75, 3.05) is 20.2 Å². The molecule has 6 heteroatoms. The first-order valence-corrected chi connectivity index (χ1v) is 11.1. The van der Waals surface area contributed by atoms with Crippen molar-refractivity contribution in [1.82, 2.24) is 9.88 Å². The van der Waals surface area contributed by atoms with Crippen LogP contribution in [0.15, 0.2) is 29.6 Å². The number of hydrogen-bond acceptors (Lipinski definition) is 5. The van der Waals surface area contributed by atoms with E-state index in [-0.39, 0.29) is 11.2 Å². The summed E-state index contributed by atoms with van der Waals surface area (Å²) < 4.78 is 5.20. The van der Waals surface area contributed by atoms with E-state index in [4.69, 9.17) is 9.72 Å². The molecule has 1 unspecified atom stereocenters. The molecule has 2 heterocycles. The second-order valence-corrected chi connectivity index (χ2v) is 8.75. The van der Waals surface area contributed by atoms with E-state index in [1.54, 1.807) is 30.2 Å². The van der Waals surface area contributed by atoms with Crippen LogP contribution in [-0.4, -0.2) is 41.2 Å². The average Bonchev–Trinajstić information content (AvgIpc) is 2.99. The molecule has 1 atom stereocenters. The molecule has 26 heavy (non-hydrogen) atoms. The van der Waals surface area contributed by atoms with Crippen molar-refractivity contribution in [3.05, 3.63) is 35.3 Å². The van der Waals surface area contributed by atoms with Crippen molar-refractivity contribution in [2.24, 2.45) is 0 Å². The lowest BCUT2D eigenvalue weighted by Gasteiger charge is -2.23. The number of aromatic nitrogens is 1. The zero-order valence-corrected chi connectivity index (χ0v) is 17.1. The zero-order chi connectivity index (χ0) is 18.4. The molecule has 0 N–H and O–H groups in total. The highest BCUT2D eigenvalue weighted by Gasteiger charge is 2.22. The number of hydrogen-bond donors (Lipinski definition) is 0. The van der Waals surface area contributed by atoms with Gasteiger partial charge in [0.2, 0.25) is 5.91 Å². The van der Waals surface area contributed by atoms with Gasteiger partial charge < -0.3 is 9.64 Å². The third-order valence-electron chi connectivity index (χ3n) is 4.64. The van der Waals surface area contributed by atoms with Crippen LogP contribution in [0.4, 0.5) is 0 Å². The molecule has 1 aromatic heterocycles. The lowest BCUT2D eigenvalue weighted by molar-refractivity contribution is -0.130. The fourth-order valence-electron chi connectivity index (χ4n) is 3.07. The zero-order valence-electron chi connectivity index (χ0n) is 15.4. The predicted molar refractivity (Wildman–Crippen MR) is 110 cm³/mol. The Morgan fingerprint density at radius 3 is 2.58 bits per heavy atom. The molecule has 1 aliphatic heterocycles. The van der Waals surface area contributed by atoms with E-state index in [2.05, 4.69) is 10.3 Å². The summed E-state index contributed by atoms with van der Waals surface area (Å²) in [6, 6.07) is 7.96. The van der Waals surface area contributed by atoms with Gasteiger partial charge in [0.1, 0.15) is 10.8 Å². The normalized spacial score (nSPS) is 16.2. The summed E-state index contributed by atoms with van der Waals surface area (Å²) >= 11 is 3.33. The Kier molecular flexibility index (Phi) is 6.97. The van der Waals surface area contributed by atoms with Crippen LogP contribution in [0.25, 0.3) is 10.6 Å². The van der Waals surface area contributed by atoms with Gasteiger partial charge in [0.15, 0.2) is 0 Å². The fraction of sp³-hybridized carbons (Fsp3) is 0.500. The molecule has 1 saturated heterocycles. The molecule has 1 fully saturated rings. The standard InChI is InChI=1S/C20H26N2O2S2/c1-15(20(23)22-11-5-3-4-6-12-22)25-13-17-14-26-19(21-17)16-7-9-18(24-2)10-8-16/h7-10,14-15H,3-6,11-13H2,1-2H3. The molecule has 0 bridgehead atoms. The number of carbonyl (C=O) groups excluding carboxylic acids is 1. The monoisotopic (exact) mass is 390 g/mol. The molecule has 4 nitrogen and oxygen atoms in total. The molecule has 0 spiro atoms. The quantitative estimate of drug-likeness (QED) is 0.708. The molecule has 1 aromatic carbocycles. The van der Waals surface area contributed by atoms with Gasteiger partial charge >= 0.3 is 0 Å². The Hall–Kier alpha value is -1.53. The summed E-state index contributed by atoms with van der Waals surface area (Å²) in [5.74, 6) is 1.90. The van der Waals surface area contributed by atoms with Gasteiger partial charge in [-0.15, -0.1) is 23.1 Å². The van der Waals surface area contributed by atoms with Gasteiger partial charge in [0.05, 0.1) is 18.1 Å². The van der Waals surface area contributed by atoms with Crippen molar-refractivity contribution < 1.29 is 9.53 Å². The fourth-order valence-corrected chi connectivity index (χ4v) is 4.86. The summed E-state index contributed by atoms with van der Waals surface area (Å²) in [6.07, 6.45) is 4.78. The van der Waals surface area contributed by atoms with Gasteiger partial charge in [-0.2, -0.15) is 0 Å². The van der Waals surface area contributed by atoms with Crippen LogP contribution in [0.1, 0.15) is 38.3 Å². The molecule has 0 aliphatic carbocycles. The topological polar surface area (TPSA) is 42.4 Å². The van der Waals surface area contributed by atoms with Crippen molar-refractivity contribution in [1.29, 1.82) is 0 Å². The maximum atomic E-state index is 12.6. The van der Waals surface area contributed by atoms with E-state index >= 15 is 0 Å². The van der Waals surface area contributed by atoms with Crippen molar-refractivity contribution in [3.8, 4) is 16.3 Å². The molecule has 2 aromatic rings. The molecule has 0 radical (unpaired) electrons. The van der Waals surface area contributed by atoms with Crippen molar-refractivity contribution >= 4 is 29.0 Å². The van der Waals surface area contributed by atoms with E-state index in [0.29, 0.717) is 0 Å². The molecule has 1 aliphatic rings. The number of thioether (sulfide) groups is 1. The molecule has 0 saturated carbocycles. The minimum Gasteiger partial charge on any atom is -0.497 e. The third kappa shape index (κ3) is 5.01. The van der Waals surface area contributed by atoms with Crippen LogP contribution in [0.5, 0.6) is 5.75 Å². The lowest BCUT2D eigenvalue weighted by Crippen LogP contribution is -2.37. The first-order valence-electron chi connectivity index (χ1n) is 9.16. The number of nitrogens with zero attached hydrogens (tertiary/aromatic N) is 2. The maximum Gasteiger partial charge on any atom is 0.235 e. The molecular weight excluding hydrogens is 364 g/mol. The number of benzene rings is 1. The van der Waals surface area contributed by atoms with Crippen LogP contribution in [0.2, 0.25) is 0 Å². The minimum atomic E-state index is -0.0146. The van der Waals surface area contributed by atoms with Crippen LogP contribution >= 0.6 is 23.1 Å². The number of likely N-dealkylation sites (tertiary alicyclic amines) is 1. The highest BCUT2D eigenvalue weighted by Crippen LogP contribution is 2.28. The van der Waals surface area contributed by atoms with Crippen molar-refractivity contribution in [3.63, 3.8) is 0 Å². The Morgan fingerprint density at radius 1 is 1.23 bits per heavy atom. The van der Waals surface area contributed by atoms with E-state index in [0.717, 1.165) is 53.7 Å².